The molecule has 0 fully saturated rings. The summed E-state index contributed by atoms with van der Waals surface area (Å²) in [6.07, 6.45) is -0.872. The number of hydrogen-bond donors (Lipinski definition) is 3. The summed E-state index contributed by atoms with van der Waals surface area (Å²) in [7, 11) is 0. The van der Waals surface area contributed by atoms with Gasteiger partial charge in [-0.3, -0.25) is 4.79 Å². The average Bonchev–Trinajstić information content (AvgIpc) is 3.17. The first-order chi connectivity index (χ1) is 16.1. The van der Waals surface area contributed by atoms with Crippen LogP contribution in [0.25, 0.3) is 16.8 Å². The van der Waals surface area contributed by atoms with Gasteiger partial charge in [-0.05, 0) is 42.0 Å². The summed E-state index contributed by atoms with van der Waals surface area (Å²) in [5.74, 6) is -6.61. The van der Waals surface area contributed by atoms with E-state index in [1.165, 1.54) is 35.0 Å². The van der Waals surface area contributed by atoms with Gasteiger partial charge >= 0.3 is 0 Å². The van der Waals surface area contributed by atoms with Crippen LogP contribution in [0.4, 0.5) is 23.5 Å². The molecule has 0 aliphatic heterocycles. The number of nitrogen functional groups attached to an aromatic ring is 1. The number of anilines is 1. The number of fused-ring (bicyclic) bond motifs is 1. The quantitative estimate of drug-likeness (QED) is 0.354. The molecular formula is C22H16ClF4N5O2. The highest BCUT2D eigenvalue weighted by molar-refractivity contribution is 6.34. The van der Waals surface area contributed by atoms with E-state index in [2.05, 4.69) is 15.4 Å². The van der Waals surface area contributed by atoms with E-state index in [9.17, 15) is 23.1 Å². The standard InChI is InChI=1S/C22H16ClF4N5O2/c23-15-6-5-14(11-7-8-32-17(9-11)30-21(28)31-32)19(25)18(15)20(34)29-10-16(33)22(26,27)12-1-3-13(24)4-2-12/h1-9,16,33H,10H2,(H2,28,31)(H,29,34). The third-order valence-corrected chi connectivity index (χ3v) is 5.40. The molecule has 0 aliphatic rings. The molecule has 1 unspecified atom stereocenters. The van der Waals surface area contributed by atoms with Gasteiger partial charge < -0.3 is 16.2 Å². The SMILES string of the molecule is Nc1nc2cc(-c3ccc(Cl)c(C(=O)NCC(O)C(F)(F)c4ccc(F)cc4)c3F)ccn2n1. The molecule has 2 aromatic heterocycles. The topological polar surface area (TPSA) is 106 Å². The number of alkyl halides is 2. The molecule has 0 saturated carbocycles. The van der Waals surface area contributed by atoms with E-state index in [0.29, 0.717) is 11.2 Å². The Morgan fingerprint density at radius 1 is 1.18 bits per heavy atom. The van der Waals surface area contributed by atoms with Crippen LogP contribution in [0.2, 0.25) is 5.02 Å². The smallest absolute Gasteiger partial charge is 0.300 e. The predicted molar refractivity (Wildman–Crippen MR) is 116 cm³/mol. The van der Waals surface area contributed by atoms with Gasteiger partial charge in [-0.1, -0.05) is 23.7 Å². The van der Waals surface area contributed by atoms with Gasteiger partial charge in [0, 0.05) is 17.3 Å². The van der Waals surface area contributed by atoms with Crippen LogP contribution in [0, 0.1) is 11.6 Å². The number of aliphatic hydroxyl groups is 1. The van der Waals surface area contributed by atoms with Crippen molar-refractivity contribution in [2.24, 2.45) is 0 Å². The number of aromatic nitrogens is 3. The number of nitrogens with two attached hydrogens (primary N) is 1. The summed E-state index contributed by atoms with van der Waals surface area (Å²) in [6, 6.07) is 8.91. The van der Waals surface area contributed by atoms with Crippen LogP contribution < -0.4 is 11.1 Å². The lowest BCUT2D eigenvalue weighted by molar-refractivity contribution is -0.112. The first-order valence-electron chi connectivity index (χ1n) is 9.78. The maximum Gasteiger partial charge on any atom is 0.300 e. The van der Waals surface area contributed by atoms with Crippen LogP contribution in [0.1, 0.15) is 15.9 Å². The number of hydrogen-bond acceptors (Lipinski definition) is 5. The average molecular weight is 494 g/mol. The number of aliphatic hydroxyl groups excluding tert-OH is 1. The van der Waals surface area contributed by atoms with E-state index in [4.69, 9.17) is 17.3 Å². The van der Waals surface area contributed by atoms with Crippen LogP contribution in [0.5, 0.6) is 0 Å². The van der Waals surface area contributed by atoms with Gasteiger partial charge in [0.15, 0.2) is 5.65 Å². The van der Waals surface area contributed by atoms with E-state index >= 15 is 4.39 Å². The van der Waals surface area contributed by atoms with Crippen molar-refractivity contribution in [2.75, 3.05) is 12.3 Å². The molecule has 0 spiro atoms. The van der Waals surface area contributed by atoms with Crippen molar-refractivity contribution in [3.63, 3.8) is 0 Å². The molecule has 0 radical (unpaired) electrons. The van der Waals surface area contributed by atoms with E-state index in [-0.39, 0.29) is 16.5 Å². The zero-order valence-electron chi connectivity index (χ0n) is 17.1. The Morgan fingerprint density at radius 2 is 1.88 bits per heavy atom. The number of benzene rings is 2. The van der Waals surface area contributed by atoms with Crippen molar-refractivity contribution in [1.29, 1.82) is 0 Å². The molecule has 176 valence electrons. The monoisotopic (exact) mass is 493 g/mol. The van der Waals surface area contributed by atoms with Crippen molar-refractivity contribution in [2.45, 2.75) is 12.0 Å². The van der Waals surface area contributed by atoms with Gasteiger partial charge in [-0.15, -0.1) is 5.10 Å². The van der Waals surface area contributed by atoms with Crippen LogP contribution in [0.15, 0.2) is 54.7 Å². The molecule has 34 heavy (non-hydrogen) atoms. The summed E-state index contributed by atoms with van der Waals surface area (Å²) >= 11 is 6.01. The maximum absolute atomic E-state index is 15.3. The van der Waals surface area contributed by atoms with Crippen LogP contribution in [0.3, 0.4) is 0 Å². The Balaban J connectivity index is 1.56. The van der Waals surface area contributed by atoms with Gasteiger partial charge in [0.05, 0.1) is 17.1 Å². The minimum atomic E-state index is -3.80. The van der Waals surface area contributed by atoms with E-state index in [0.717, 1.165) is 24.3 Å². The summed E-state index contributed by atoms with van der Waals surface area (Å²) in [5.41, 5.74) is 4.98. The summed E-state index contributed by atoms with van der Waals surface area (Å²) < 4.78 is 58.6. The number of carbonyl (C=O) groups is 1. The Hall–Kier alpha value is -3.70. The third-order valence-electron chi connectivity index (χ3n) is 5.09. The molecule has 4 N–H and O–H groups in total. The van der Waals surface area contributed by atoms with Crippen molar-refractivity contribution >= 4 is 29.1 Å². The molecule has 12 heteroatoms. The lowest BCUT2D eigenvalue weighted by Crippen LogP contribution is -2.41. The van der Waals surface area contributed by atoms with Gasteiger partial charge in [0.1, 0.15) is 17.7 Å². The van der Waals surface area contributed by atoms with Crippen LogP contribution in [-0.2, 0) is 5.92 Å². The Kier molecular flexibility index (Phi) is 6.15. The normalized spacial score (nSPS) is 12.6. The molecule has 0 aliphatic carbocycles. The van der Waals surface area contributed by atoms with Gasteiger partial charge in [-0.25, -0.2) is 13.3 Å². The number of nitrogens with zero attached hydrogens (tertiary/aromatic N) is 3. The molecular weight excluding hydrogens is 478 g/mol. The zero-order chi connectivity index (χ0) is 24.6. The summed E-state index contributed by atoms with van der Waals surface area (Å²) in [6.45, 7) is -0.922. The second-order valence-electron chi connectivity index (χ2n) is 7.33. The van der Waals surface area contributed by atoms with Gasteiger partial charge in [0.2, 0.25) is 5.95 Å². The minimum Gasteiger partial charge on any atom is -0.385 e. The molecule has 4 rings (SSSR count). The Labute approximate surface area is 194 Å². The molecule has 4 aromatic rings. The van der Waals surface area contributed by atoms with Crippen LogP contribution >= 0.6 is 11.6 Å². The van der Waals surface area contributed by atoms with E-state index in [1.807, 2.05) is 0 Å². The molecule has 1 amide bonds. The van der Waals surface area contributed by atoms with E-state index in [1.54, 1.807) is 0 Å². The highest BCUT2D eigenvalue weighted by atomic mass is 35.5. The first kappa shape index (κ1) is 23.5. The van der Waals surface area contributed by atoms with Gasteiger partial charge in [0.25, 0.3) is 11.8 Å². The second-order valence-corrected chi connectivity index (χ2v) is 7.73. The highest BCUT2D eigenvalue weighted by Crippen LogP contribution is 2.33. The van der Waals surface area contributed by atoms with Crippen molar-refractivity contribution in [3.8, 4) is 11.1 Å². The largest absolute Gasteiger partial charge is 0.385 e. The lowest BCUT2D eigenvalue weighted by Gasteiger charge is -2.23. The fraction of sp³-hybridized carbons (Fsp3) is 0.136. The number of nitrogens with one attached hydrogen (secondary N) is 1. The number of carbonyl (C=O) groups excluding carboxylic acids is 1. The number of amides is 1. The first-order valence-corrected chi connectivity index (χ1v) is 10.2. The van der Waals surface area contributed by atoms with Crippen LogP contribution in [-0.4, -0.2) is 38.3 Å². The Morgan fingerprint density at radius 3 is 2.59 bits per heavy atom. The summed E-state index contributed by atoms with van der Waals surface area (Å²) in [4.78, 5) is 16.6. The fourth-order valence-electron chi connectivity index (χ4n) is 3.32. The molecule has 2 aromatic carbocycles. The van der Waals surface area contributed by atoms with Crippen molar-refractivity contribution in [3.05, 3.63) is 82.5 Å². The van der Waals surface area contributed by atoms with Crippen molar-refractivity contribution < 1.29 is 27.5 Å². The molecule has 0 saturated heterocycles. The molecule has 0 bridgehead atoms. The predicted octanol–water partition coefficient (Wildman–Crippen LogP) is 3.79. The Bertz CT molecular complexity index is 1380. The highest BCUT2D eigenvalue weighted by Gasteiger charge is 2.40. The second kappa shape index (κ2) is 8.92. The third kappa shape index (κ3) is 4.39. The molecule has 1 atom stereocenters. The summed E-state index contributed by atoms with van der Waals surface area (Å²) in [5, 5.41) is 15.7. The lowest BCUT2D eigenvalue weighted by atomic mass is 10.0. The van der Waals surface area contributed by atoms with E-state index < -0.39 is 47.2 Å². The molecule has 7 nitrogen and oxygen atoms in total. The zero-order valence-corrected chi connectivity index (χ0v) is 17.9. The minimum absolute atomic E-state index is 0.00388. The molecule has 2 heterocycles. The number of halogens is 5. The van der Waals surface area contributed by atoms with Gasteiger partial charge in [-0.2, -0.15) is 13.8 Å². The maximum atomic E-state index is 15.3. The van der Waals surface area contributed by atoms with Crippen molar-refractivity contribution in [1.82, 2.24) is 19.9 Å². The number of pyridine rings is 1. The fourth-order valence-corrected chi connectivity index (χ4v) is 3.55. The number of rotatable bonds is 6.